The summed E-state index contributed by atoms with van der Waals surface area (Å²) in [6.07, 6.45) is 0.189. The molecular formula is C21H21ClN4O3S. The molecule has 0 fully saturated rings. The normalized spacial score (nSPS) is 10.5. The highest BCUT2D eigenvalue weighted by Crippen LogP contribution is 2.24. The Labute approximate surface area is 183 Å². The molecule has 2 aromatic heterocycles. The van der Waals surface area contributed by atoms with Gasteiger partial charge >= 0.3 is 6.09 Å². The van der Waals surface area contributed by atoms with E-state index in [1.807, 2.05) is 30.3 Å². The molecule has 3 aromatic rings. The first-order chi connectivity index (χ1) is 14.5. The molecule has 7 nitrogen and oxygen atoms in total. The Morgan fingerprint density at radius 3 is 2.73 bits per heavy atom. The molecule has 1 aromatic carbocycles. The number of pyridine rings is 1. The highest BCUT2D eigenvalue weighted by Gasteiger charge is 2.17. The van der Waals surface area contributed by atoms with Crippen molar-refractivity contribution >= 4 is 34.9 Å². The van der Waals surface area contributed by atoms with E-state index in [-0.39, 0.29) is 12.5 Å². The summed E-state index contributed by atoms with van der Waals surface area (Å²) in [5.74, 6) is -0.233. The minimum absolute atomic E-state index is 0.229. The molecule has 0 saturated heterocycles. The minimum atomic E-state index is -0.401. The predicted octanol–water partition coefficient (Wildman–Crippen LogP) is 4.25. The lowest BCUT2D eigenvalue weighted by molar-refractivity contribution is 0.0953. The van der Waals surface area contributed by atoms with Crippen molar-refractivity contribution in [2.45, 2.75) is 13.0 Å². The van der Waals surface area contributed by atoms with Gasteiger partial charge in [-0.2, -0.15) is 0 Å². The largest absolute Gasteiger partial charge is 0.445 e. The predicted molar refractivity (Wildman–Crippen MR) is 117 cm³/mol. The smallest absolute Gasteiger partial charge is 0.409 e. The van der Waals surface area contributed by atoms with Crippen LogP contribution in [0.4, 0.5) is 4.79 Å². The van der Waals surface area contributed by atoms with Gasteiger partial charge in [-0.15, -0.1) is 11.3 Å². The molecule has 0 radical (unpaired) electrons. The van der Waals surface area contributed by atoms with Gasteiger partial charge in [0.25, 0.3) is 5.91 Å². The summed E-state index contributed by atoms with van der Waals surface area (Å²) in [5.41, 5.74) is 3.58. The molecular weight excluding hydrogens is 424 g/mol. The number of carbonyl (C=O) groups excluding carboxylic acids is 2. The topological polar surface area (TPSA) is 84.4 Å². The number of amides is 2. The molecule has 9 heteroatoms. The lowest BCUT2D eigenvalue weighted by Crippen LogP contribution is -2.31. The number of benzene rings is 1. The second kappa shape index (κ2) is 10.7. The third-order valence-electron chi connectivity index (χ3n) is 4.20. The van der Waals surface area contributed by atoms with E-state index in [1.54, 1.807) is 30.8 Å². The van der Waals surface area contributed by atoms with Crippen LogP contribution >= 0.6 is 22.9 Å². The Morgan fingerprint density at radius 2 is 1.97 bits per heavy atom. The van der Waals surface area contributed by atoms with Crippen molar-refractivity contribution in [1.29, 1.82) is 0 Å². The summed E-state index contributed by atoms with van der Waals surface area (Å²) in [4.78, 5) is 35.0. The second-order valence-corrected chi connectivity index (χ2v) is 7.69. The van der Waals surface area contributed by atoms with E-state index < -0.39 is 6.09 Å². The Balaban J connectivity index is 1.43. The first-order valence-electron chi connectivity index (χ1n) is 9.31. The lowest BCUT2D eigenvalue weighted by atomic mass is 10.2. The van der Waals surface area contributed by atoms with E-state index in [2.05, 4.69) is 15.3 Å². The van der Waals surface area contributed by atoms with Crippen molar-refractivity contribution in [2.24, 2.45) is 0 Å². The Morgan fingerprint density at radius 1 is 1.17 bits per heavy atom. The average Bonchev–Trinajstić information content (AvgIpc) is 3.25. The van der Waals surface area contributed by atoms with Gasteiger partial charge in [0.05, 0.1) is 11.2 Å². The fourth-order valence-corrected chi connectivity index (χ4v) is 3.52. The molecule has 0 spiro atoms. The highest BCUT2D eigenvalue weighted by atomic mass is 35.5. The molecule has 0 bridgehead atoms. The average molecular weight is 445 g/mol. The zero-order valence-corrected chi connectivity index (χ0v) is 17.9. The molecule has 2 heterocycles. The number of thiazole rings is 1. The number of ether oxygens (including phenoxy) is 1. The number of hydrogen-bond donors (Lipinski definition) is 1. The minimum Gasteiger partial charge on any atom is -0.445 e. The van der Waals surface area contributed by atoms with E-state index in [0.717, 1.165) is 5.56 Å². The first-order valence-corrected chi connectivity index (χ1v) is 10.6. The number of hydrogen-bond acceptors (Lipinski definition) is 6. The fraction of sp³-hybridized carbons (Fsp3) is 0.238. The number of carbonyl (C=O) groups is 2. The first kappa shape index (κ1) is 21.7. The van der Waals surface area contributed by atoms with Crippen LogP contribution in [0.1, 0.15) is 21.7 Å². The molecule has 0 aliphatic heterocycles. The molecule has 0 saturated carbocycles. The maximum atomic E-state index is 12.5. The number of nitrogens with zero attached hydrogens (tertiary/aromatic N) is 3. The van der Waals surface area contributed by atoms with Gasteiger partial charge in [0.2, 0.25) is 0 Å². The maximum absolute atomic E-state index is 12.5. The fourth-order valence-electron chi connectivity index (χ4n) is 2.65. The van der Waals surface area contributed by atoms with Gasteiger partial charge in [0.15, 0.2) is 0 Å². The molecule has 2 amide bonds. The summed E-state index contributed by atoms with van der Waals surface area (Å²) in [6.45, 7) is 1.10. The summed E-state index contributed by atoms with van der Waals surface area (Å²) in [5, 5.41) is 3.20. The quantitative estimate of drug-likeness (QED) is 0.414. The van der Waals surface area contributed by atoms with Gasteiger partial charge in [0, 0.05) is 20.1 Å². The summed E-state index contributed by atoms with van der Waals surface area (Å²) in [7, 11) is 1.67. The standard InChI is InChI=1S/C21H21ClN4O3S/c1-26(21(28)29-13-15-7-3-2-4-8-15)12-6-11-23-20(27)19-18(24-14-30-19)16-9-5-10-17(22)25-16/h2-5,7-10,14H,6,11-13H2,1H3,(H,23,27). The van der Waals surface area contributed by atoms with E-state index >= 15 is 0 Å². The summed E-state index contributed by atoms with van der Waals surface area (Å²) in [6, 6.07) is 14.7. The highest BCUT2D eigenvalue weighted by molar-refractivity contribution is 7.12. The number of nitrogens with one attached hydrogen (secondary N) is 1. The van der Waals surface area contributed by atoms with E-state index in [4.69, 9.17) is 16.3 Å². The van der Waals surface area contributed by atoms with Gasteiger partial charge in [-0.1, -0.05) is 48.0 Å². The van der Waals surface area contributed by atoms with Crippen LogP contribution in [0, 0.1) is 0 Å². The van der Waals surface area contributed by atoms with Gasteiger partial charge in [-0.3, -0.25) is 4.79 Å². The van der Waals surface area contributed by atoms with Gasteiger partial charge in [0.1, 0.15) is 22.3 Å². The van der Waals surface area contributed by atoms with E-state index in [9.17, 15) is 9.59 Å². The van der Waals surface area contributed by atoms with Crippen molar-refractivity contribution in [3.05, 3.63) is 69.6 Å². The van der Waals surface area contributed by atoms with Crippen LogP contribution in [0.15, 0.2) is 54.0 Å². The van der Waals surface area contributed by atoms with Crippen LogP contribution in [0.5, 0.6) is 0 Å². The number of rotatable bonds is 8. The van der Waals surface area contributed by atoms with Crippen LogP contribution in [-0.4, -0.2) is 47.0 Å². The molecule has 3 rings (SSSR count). The summed E-state index contributed by atoms with van der Waals surface area (Å²) < 4.78 is 5.28. The van der Waals surface area contributed by atoms with Crippen LogP contribution < -0.4 is 5.32 Å². The number of halogens is 1. The van der Waals surface area contributed by atoms with Crippen LogP contribution in [0.3, 0.4) is 0 Å². The zero-order valence-electron chi connectivity index (χ0n) is 16.4. The summed E-state index contributed by atoms with van der Waals surface area (Å²) >= 11 is 7.17. The Kier molecular flexibility index (Phi) is 7.75. The van der Waals surface area contributed by atoms with Gasteiger partial charge in [-0.25, -0.2) is 14.8 Å². The molecule has 0 unspecified atom stereocenters. The van der Waals surface area contributed by atoms with Crippen molar-refractivity contribution < 1.29 is 14.3 Å². The Bertz CT molecular complexity index is 997. The second-order valence-electron chi connectivity index (χ2n) is 6.45. The van der Waals surface area contributed by atoms with Crippen LogP contribution in [-0.2, 0) is 11.3 Å². The molecule has 0 aliphatic rings. The third kappa shape index (κ3) is 6.01. The maximum Gasteiger partial charge on any atom is 0.409 e. The van der Waals surface area contributed by atoms with Crippen molar-refractivity contribution in [2.75, 3.05) is 20.1 Å². The van der Waals surface area contributed by atoms with Gasteiger partial charge < -0.3 is 15.0 Å². The van der Waals surface area contributed by atoms with Crippen LogP contribution in [0.2, 0.25) is 5.15 Å². The molecule has 0 atom stereocenters. The van der Waals surface area contributed by atoms with Gasteiger partial charge in [-0.05, 0) is 24.1 Å². The SMILES string of the molecule is CN(CCCNC(=O)c1scnc1-c1cccc(Cl)n1)C(=O)OCc1ccccc1. The molecule has 30 heavy (non-hydrogen) atoms. The van der Waals surface area contributed by atoms with E-state index in [1.165, 1.54) is 16.2 Å². The molecule has 1 N–H and O–H groups in total. The molecule has 0 aliphatic carbocycles. The third-order valence-corrected chi connectivity index (χ3v) is 5.24. The zero-order chi connectivity index (χ0) is 21.3. The van der Waals surface area contributed by atoms with Crippen molar-refractivity contribution in [3.8, 4) is 11.4 Å². The van der Waals surface area contributed by atoms with Crippen molar-refractivity contribution in [3.63, 3.8) is 0 Å². The molecule has 156 valence electrons. The van der Waals surface area contributed by atoms with Crippen LogP contribution in [0.25, 0.3) is 11.4 Å². The lowest BCUT2D eigenvalue weighted by Gasteiger charge is -2.17. The van der Waals surface area contributed by atoms with Crippen molar-refractivity contribution in [1.82, 2.24) is 20.2 Å². The number of aromatic nitrogens is 2. The van der Waals surface area contributed by atoms with E-state index in [0.29, 0.717) is 40.9 Å². The Hall–Kier alpha value is -2.97. The monoisotopic (exact) mass is 444 g/mol.